The predicted molar refractivity (Wildman–Crippen MR) is 102 cm³/mol. The third kappa shape index (κ3) is 3.62. The average molecular weight is 375 g/mol. The van der Waals surface area contributed by atoms with E-state index in [0.717, 1.165) is 11.2 Å². The van der Waals surface area contributed by atoms with Crippen LogP contribution in [0.4, 0.5) is 4.39 Å². The molecule has 0 amide bonds. The zero-order chi connectivity index (χ0) is 19.7. The summed E-state index contributed by atoms with van der Waals surface area (Å²) >= 11 is 0. The van der Waals surface area contributed by atoms with Gasteiger partial charge in [-0.3, -0.25) is 0 Å². The first-order chi connectivity index (χ1) is 13.4. The van der Waals surface area contributed by atoms with Gasteiger partial charge in [0, 0.05) is 36.1 Å². The fourth-order valence-electron chi connectivity index (χ4n) is 2.95. The zero-order valence-corrected chi connectivity index (χ0v) is 15.6. The van der Waals surface area contributed by atoms with Gasteiger partial charge in [0.15, 0.2) is 11.7 Å². The molecule has 7 heteroatoms. The van der Waals surface area contributed by atoms with Crippen LogP contribution in [0.15, 0.2) is 53.5 Å². The number of rotatable bonds is 5. The van der Waals surface area contributed by atoms with Crippen molar-refractivity contribution in [3.63, 3.8) is 0 Å². The Morgan fingerprint density at radius 2 is 2.07 bits per heavy atom. The summed E-state index contributed by atoms with van der Waals surface area (Å²) in [6, 6.07) is 9.31. The molecule has 4 rings (SSSR count). The summed E-state index contributed by atoms with van der Waals surface area (Å²) in [7, 11) is 0. The molecule has 0 saturated heterocycles. The van der Waals surface area contributed by atoms with Crippen LogP contribution in [0.1, 0.15) is 31.9 Å². The lowest BCUT2D eigenvalue weighted by Gasteiger charge is -2.11. The molecule has 28 heavy (non-hydrogen) atoms. The quantitative estimate of drug-likeness (QED) is 0.509. The first-order valence-electron chi connectivity index (χ1n) is 8.91. The number of alkyl halides is 1. The van der Waals surface area contributed by atoms with Crippen molar-refractivity contribution in [1.29, 1.82) is 5.26 Å². The minimum atomic E-state index is -1.28. The second-order valence-corrected chi connectivity index (χ2v) is 7.15. The number of oxazole rings is 1. The molecular formula is C21H18FN5O. The van der Waals surface area contributed by atoms with Gasteiger partial charge in [0.05, 0.1) is 11.9 Å². The van der Waals surface area contributed by atoms with E-state index in [4.69, 9.17) is 4.42 Å². The largest absolute Gasteiger partial charge is 0.441 e. The summed E-state index contributed by atoms with van der Waals surface area (Å²) < 4.78 is 21.5. The van der Waals surface area contributed by atoms with Gasteiger partial charge in [-0.15, -0.1) is 0 Å². The predicted octanol–water partition coefficient (Wildman–Crippen LogP) is 4.60. The molecule has 0 aliphatic rings. The molecule has 0 spiro atoms. The first kappa shape index (κ1) is 17.9. The van der Waals surface area contributed by atoms with Gasteiger partial charge >= 0.3 is 0 Å². The standard InChI is InChI=1S/C21H18FN5O/c1-21(2,22)7-5-19-25-13-17(28-19)16-4-3-15(12-23)26-20(16)14-6-9-27-10-8-24-18(27)11-14/h3-4,6,8-11,13H,5,7H2,1-2H3. The number of hydrogen-bond acceptors (Lipinski definition) is 5. The Labute approximate surface area is 161 Å². The molecule has 0 saturated carbocycles. The Balaban J connectivity index is 1.75. The highest BCUT2D eigenvalue weighted by Crippen LogP contribution is 2.32. The number of nitrogens with zero attached hydrogens (tertiary/aromatic N) is 5. The van der Waals surface area contributed by atoms with Gasteiger partial charge in [0.2, 0.25) is 0 Å². The lowest BCUT2D eigenvalue weighted by molar-refractivity contribution is 0.197. The average Bonchev–Trinajstić information content (AvgIpc) is 3.34. The highest BCUT2D eigenvalue weighted by Gasteiger charge is 2.19. The van der Waals surface area contributed by atoms with Crippen molar-refractivity contribution < 1.29 is 8.81 Å². The van der Waals surface area contributed by atoms with Crippen LogP contribution in [0, 0.1) is 11.3 Å². The number of nitriles is 1. The van der Waals surface area contributed by atoms with Crippen LogP contribution < -0.4 is 0 Å². The van der Waals surface area contributed by atoms with Crippen molar-refractivity contribution in [3.05, 3.63) is 60.6 Å². The van der Waals surface area contributed by atoms with E-state index >= 15 is 0 Å². The van der Waals surface area contributed by atoms with Crippen molar-refractivity contribution in [2.45, 2.75) is 32.4 Å². The van der Waals surface area contributed by atoms with E-state index in [2.05, 4.69) is 21.0 Å². The van der Waals surface area contributed by atoms with Crippen LogP contribution in [0.3, 0.4) is 0 Å². The molecule has 0 aliphatic carbocycles. The van der Waals surface area contributed by atoms with Crippen molar-refractivity contribution in [2.75, 3.05) is 0 Å². The summed E-state index contributed by atoms with van der Waals surface area (Å²) in [5.74, 6) is 1.00. The molecule has 0 bridgehead atoms. The molecule has 0 atom stereocenters. The normalized spacial score (nSPS) is 11.6. The lowest BCUT2D eigenvalue weighted by atomic mass is 10.0. The molecule has 0 unspecified atom stereocenters. The monoisotopic (exact) mass is 375 g/mol. The second kappa shape index (κ2) is 6.89. The van der Waals surface area contributed by atoms with Crippen molar-refractivity contribution >= 4 is 5.65 Å². The summed E-state index contributed by atoms with van der Waals surface area (Å²) in [6.07, 6.45) is 7.80. The minimum absolute atomic E-state index is 0.306. The van der Waals surface area contributed by atoms with E-state index in [0.29, 0.717) is 41.4 Å². The van der Waals surface area contributed by atoms with Crippen LogP contribution in [0.2, 0.25) is 0 Å². The van der Waals surface area contributed by atoms with Crippen molar-refractivity contribution in [1.82, 2.24) is 19.4 Å². The van der Waals surface area contributed by atoms with E-state index in [9.17, 15) is 9.65 Å². The van der Waals surface area contributed by atoms with Gasteiger partial charge in [-0.1, -0.05) is 0 Å². The van der Waals surface area contributed by atoms with Gasteiger partial charge in [-0.25, -0.2) is 19.3 Å². The summed E-state index contributed by atoms with van der Waals surface area (Å²) in [5.41, 5.74) is 1.94. The van der Waals surface area contributed by atoms with Gasteiger partial charge in [0.1, 0.15) is 23.1 Å². The highest BCUT2D eigenvalue weighted by molar-refractivity contribution is 5.79. The fraction of sp³-hybridized carbons (Fsp3) is 0.238. The van der Waals surface area contributed by atoms with Crippen LogP contribution in [-0.2, 0) is 6.42 Å². The fourth-order valence-corrected chi connectivity index (χ4v) is 2.95. The molecule has 4 aromatic rings. The SMILES string of the molecule is CC(C)(F)CCc1ncc(-c2ccc(C#N)nc2-c2ccn3ccnc3c2)o1. The van der Waals surface area contributed by atoms with Crippen LogP contribution in [-0.4, -0.2) is 25.0 Å². The molecule has 4 heterocycles. The van der Waals surface area contributed by atoms with E-state index in [1.807, 2.05) is 28.9 Å². The summed E-state index contributed by atoms with van der Waals surface area (Å²) in [6.45, 7) is 3.07. The van der Waals surface area contributed by atoms with Crippen molar-refractivity contribution in [3.8, 4) is 28.7 Å². The topological polar surface area (TPSA) is 80.0 Å². The maximum Gasteiger partial charge on any atom is 0.195 e. The molecule has 140 valence electrons. The van der Waals surface area contributed by atoms with Gasteiger partial charge in [-0.2, -0.15) is 5.26 Å². The summed E-state index contributed by atoms with van der Waals surface area (Å²) in [4.78, 5) is 13.0. The van der Waals surface area contributed by atoms with Crippen LogP contribution >= 0.6 is 0 Å². The molecule has 0 N–H and O–H groups in total. The molecular weight excluding hydrogens is 357 g/mol. The lowest BCUT2D eigenvalue weighted by Crippen LogP contribution is -2.12. The Kier molecular flexibility index (Phi) is 4.40. The molecule has 0 aromatic carbocycles. The number of imidazole rings is 1. The Bertz CT molecular complexity index is 1180. The third-order valence-corrected chi connectivity index (χ3v) is 4.43. The van der Waals surface area contributed by atoms with E-state index in [1.54, 1.807) is 24.5 Å². The van der Waals surface area contributed by atoms with Crippen LogP contribution in [0.25, 0.3) is 28.2 Å². The Hall–Kier alpha value is -3.53. The number of hydrogen-bond donors (Lipinski definition) is 0. The summed E-state index contributed by atoms with van der Waals surface area (Å²) in [5, 5.41) is 9.26. The molecule has 0 aliphatic heterocycles. The number of halogens is 1. The minimum Gasteiger partial charge on any atom is -0.441 e. The number of aromatic nitrogens is 4. The third-order valence-electron chi connectivity index (χ3n) is 4.43. The first-order valence-corrected chi connectivity index (χ1v) is 8.91. The van der Waals surface area contributed by atoms with Crippen LogP contribution in [0.5, 0.6) is 0 Å². The maximum atomic E-state index is 13.8. The van der Waals surface area contributed by atoms with Gasteiger partial charge in [-0.05, 0) is 44.5 Å². The zero-order valence-electron chi connectivity index (χ0n) is 15.6. The van der Waals surface area contributed by atoms with E-state index < -0.39 is 5.67 Å². The smallest absolute Gasteiger partial charge is 0.195 e. The Morgan fingerprint density at radius 1 is 1.21 bits per heavy atom. The van der Waals surface area contributed by atoms with E-state index in [-0.39, 0.29) is 0 Å². The molecule has 0 radical (unpaired) electrons. The number of fused-ring (bicyclic) bond motifs is 1. The van der Waals surface area contributed by atoms with E-state index in [1.165, 1.54) is 13.8 Å². The van der Waals surface area contributed by atoms with Gasteiger partial charge < -0.3 is 8.82 Å². The number of aryl methyl sites for hydroxylation is 1. The highest BCUT2D eigenvalue weighted by atomic mass is 19.1. The number of pyridine rings is 2. The van der Waals surface area contributed by atoms with Crippen molar-refractivity contribution in [2.24, 2.45) is 0 Å². The maximum absolute atomic E-state index is 13.8. The second-order valence-electron chi connectivity index (χ2n) is 7.15. The Morgan fingerprint density at radius 3 is 2.86 bits per heavy atom. The molecule has 6 nitrogen and oxygen atoms in total. The van der Waals surface area contributed by atoms with Gasteiger partial charge in [0.25, 0.3) is 0 Å². The molecule has 0 fully saturated rings. The molecule has 4 aromatic heterocycles.